The highest BCUT2D eigenvalue weighted by Gasteiger charge is 2.14. The number of hydrogen-bond acceptors (Lipinski definition) is 3. The molecule has 0 unspecified atom stereocenters. The minimum Gasteiger partial charge on any atom is -0.320 e. The number of aromatic nitrogens is 1. The van der Waals surface area contributed by atoms with Crippen molar-refractivity contribution >= 4 is 23.5 Å². The molecule has 5 heteroatoms. The van der Waals surface area contributed by atoms with Crippen LogP contribution in [0.5, 0.6) is 0 Å². The molecule has 2 aromatic rings. The molecule has 88 valence electrons. The van der Waals surface area contributed by atoms with E-state index in [0.717, 1.165) is 11.4 Å². The van der Waals surface area contributed by atoms with Gasteiger partial charge >= 0.3 is 0 Å². The van der Waals surface area contributed by atoms with E-state index < -0.39 is 0 Å². The standard InChI is InChI=1S/C13H10N4O/c18-13(9-4-2-1-3-5-9)16-10-6-11-12(14-7-10)8-15-17-11/h1-8H,(H,15,17)(H,16,18)/p+1. The van der Waals surface area contributed by atoms with Crippen molar-refractivity contribution in [1.82, 2.24) is 4.98 Å². The van der Waals surface area contributed by atoms with E-state index in [1.54, 1.807) is 30.0 Å². The maximum Gasteiger partial charge on any atom is 0.255 e. The highest BCUT2D eigenvalue weighted by atomic mass is 16.1. The average molecular weight is 239 g/mol. The lowest BCUT2D eigenvalue weighted by molar-refractivity contribution is -0.573. The van der Waals surface area contributed by atoms with Crippen LogP contribution in [0.1, 0.15) is 16.1 Å². The van der Waals surface area contributed by atoms with E-state index in [0.29, 0.717) is 11.3 Å². The Kier molecular flexibility index (Phi) is 2.59. The van der Waals surface area contributed by atoms with Crippen LogP contribution in [0.3, 0.4) is 0 Å². The predicted molar refractivity (Wildman–Crippen MR) is 67.8 cm³/mol. The highest BCUT2D eigenvalue weighted by molar-refractivity contribution is 6.04. The second-order valence-electron chi connectivity index (χ2n) is 3.93. The Morgan fingerprint density at radius 1 is 1.22 bits per heavy atom. The summed E-state index contributed by atoms with van der Waals surface area (Å²) in [6.07, 6.45) is 3.32. The van der Waals surface area contributed by atoms with Crippen molar-refractivity contribution < 1.29 is 10.2 Å². The van der Waals surface area contributed by atoms with Crippen molar-refractivity contribution in [2.75, 3.05) is 5.32 Å². The second-order valence-corrected chi connectivity index (χ2v) is 3.93. The number of pyridine rings is 1. The highest BCUT2D eigenvalue weighted by Crippen LogP contribution is 2.15. The van der Waals surface area contributed by atoms with Gasteiger partial charge in [0.2, 0.25) is 0 Å². The Labute approximate surface area is 104 Å². The number of carbonyl (C=O) groups is 1. The van der Waals surface area contributed by atoms with Crippen LogP contribution in [0.4, 0.5) is 11.4 Å². The maximum absolute atomic E-state index is 11.9. The number of rotatable bonds is 2. The van der Waals surface area contributed by atoms with E-state index in [4.69, 9.17) is 0 Å². The molecule has 3 N–H and O–H groups in total. The van der Waals surface area contributed by atoms with Gasteiger partial charge in [-0.3, -0.25) is 4.79 Å². The maximum atomic E-state index is 11.9. The van der Waals surface area contributed by atoms with Crippen LogP contribution in [0.2, 0.25) is 0 Å². The van der Waals surface area contributed by atoms with Gasteiger partial charge in [-0.15, -0.1) is 0 Å². The quantitative estimate of drug-likeness (QED) is 0.763. The summed E-state index contributed by atoms with van der Waals surface area (Å²) in [7, 11) is 0. The number of fused-ring (bicyclic) bond motifs is 1. The Hall–Kier alpha value is -2.53. The van der Waals surface area contributed by atoms with E-state index in [-0.39, 0.29) is 5.91 Å². The molecule has 0 bridgehead atoms. The zero-order valence-corrected chi connectivity index (χ0v) is 9.50. The van der Waals surface area contributed by atoms with Gasteiger partial charge in [0.1, 0.15) is 11.9 Å². The summed E-state index contributed by atoms with van der Waals surface area (Å²) in [4.78, 5) is 16.1. The van der Waals surface area contributed by atoms with Gasteiger partial charge in [0, 0.05) is 11.6 Å². The number of anilines is 1. The molecule has 1 aromatic heterocycles. The molecular weight excluding hydrogens is 228 g/mol. The minimum atomic E-state index is -0.142. The van der Waals surface area contributed by atoms with Crippen LogP contribution >= 0.6 is 0 Å². The summed E-state index contributed by atoms with van der Waals surface area (Å²) in [5.74, 6) is -0.142. The van der Waals surface area contributed by atoms with E-state index in [2.05, 4.69) is 15.4 Å². The molecule has 18 heavy (non-hydrogen) atoms. The first-order valence-corrected chi connectivity index (χ1v) is 5.56. The molecule has 1 amide bonds. The lowest BCUT2D eigenvalue weighted by Crippen LogP contribution is -2.69. The molecule has 0 spiro atoms. The molecule has 1 aliphatic rings. The van der Waals surface area contributed by atoms with Crippen LogP contribution in [0.25, 0.3) is 0 Å². The zero-order valence-electron chi connectivity index (χ0n) is 9.50. The monoisotopic (exact) mass is 239 g/mol. The minimum absolute atomic E-state index is 0.142. The molecule has 5 nitrogen and oxygen atoms in total. The summed E-state index contributed by atoms with van der Waals surface area (Å²) in [6.45, 7) is 0. The van der Waals surface area contributed by atoms with Crippen molar-refractivity contribution in [3.8, 4) is 0 Å². The first kappa shape index (κ1) is 10.6. The number of carbonyl (C=O) groups excluding carboxylic acids is 1. The van der Waals surface area contributed by atoms with Crippen molar-refractivity contribution in [3.63, 3.8) is 0 Å². The molecule has 1 aromatic carbocycles. The van der Waals surface area contributed by atoms with Crippen LogP contribution < -0.4 is 10.7 Å². The molecule has 0 saturated carbocycles. The Bertz CT molecular complexity index is 622. The number of amides is 1. The summed E-state index contributed by atoms with van der Waals surface area (Å²) < 4.78 is 0. The Morgan fingerprint density at radius 3 is 2.89 bits per heavy atom. The molecule has 2 heterocycles. The first-order valence-electron chi connectivity index (χ1n) is 5.56. The molecule has 0 fully saturated rings. The van der Waals surface area contributed by atoms with Gasteiger partial charge in [0.15, 0.2) is 5.69 Å². The average Bonchev–Trinajstić information content (AvgIpc) is 2.87. The lowest BCUT2D eigenvalue weighted by Gasteiger charge is -2.04. The Morgan fingerprint density at radius 2 is 2.06 bits per heavy atom. The van der Waals surface area contributed by atoms with Gasteiger partial charge in [-0.1, -0.05) is 23.3 Å². The van der Waals surface area contributed by atoms with E-state index in [1.807, 2.05) is 24.3 Å². The van der Waals surface area contributed by atoms with Crippen LogP contribution in [-0.4, -0.2) is 17.1 Å². The van der Waals surface area contributed by atoms with Crippen molar-refractivity contribution in [2.24, 2.45) is 5.10 Å². The first-order chi connectivity index (χ1) is 8.83. The fraction of sp³-hybridized carbons (Fsp3) is 0. The summed E-state index contributed by atoms with van der Waals surface area (Å²) in [5, 5.41) is 6.82. The van der Waals surface area contributed by atoms with Crippen molar-refractivity contribution in [2.45, 2.75) is 0 Å². The smallest absolute Gasteiger partial charge is 0.255 e. The SMILES string of the molecule is O=C(Nc1cnc2c(c1)[NH2+]N=C2)c1ccccc1. The molecular formula is C13H11N4O+. The molecule has 0 atom stereocenters. The van der Waals surface area contributed by atoms with Gasteiger partial charge in [-0.2, -0.15) is 5.43 Å². The van der Waals surface area contributed by atoms with Gasteiger partial charge in [-0.25, -0.2) is 4.98 Å². The molecule has 0 aliphatic carbocycles. The number of nitrogens with zero attached hydrogens (tertiary/aromatic N) is 2. The van der Waals surface area contributed by atoms with Gasteiger partial charge < -0.3 is 5.32 Å². The summed E-state index contributed by atoms with van der Waals surface area (Å²) in [5.41, 5.74) is 4.76. The fourth-order valence-corrected chi connectivity index (χ4v) is 1.75. The normalized spacial score (nSPS) is 12.2. The van der Waals surface area contributed by atoms with Crippen molar-refractivity contribution in [1.29, 1.82) is 0 Å². The van der Waals surface area contributed by atoms with Crippen LogP contribution in [0, 0.1) is 0 Å². The van der Waals surface area contributed by atoms with Gasteiger partial charge in [0.25, 0.3) is 5.91 Å². The lowest BCUT2D eigenvalue weighted by atomic mass is 10.2. The van der Waals surface area contributed by atoms with Crippen LogP contribution in [-0.2, 0) is 0 Å². The van der Waals surface area contributed by atoms with Gasteiger partial charge in [-0.05, 0) is 12.1 Å². The largest absolute Gasteiger partial charge is 0.320 e. The molecule has 1 aliphatic heterocycles. The number of nitrogens with two attached hydrogens (primary N) is 1. The number of benzene rings is 1. The van der Waals surface area contributed by atoms with Crippen LogP contribution in [0.15, 0.2) is 47.7 Å². The second kappa shape index (κ2) is 4.38. The topological polar surface area (TPSA) is 71.0 Å². The van der Waals surface area contributed by atoms with Gasteiger partial charge in [0.05, 0.1) is 11.9 Å². The third kappa shape index (κ3) is 1.99. The summed E-state index contributed by atoms with van der Waals surface area (Å²) >= 11 is 0. The molecule has 3 rings (SSSR count). The Balaban J connectivity index is 1.80. The fourth-order valence-electron chi connectivity index (χ4n) is 1.75. The van der Waals surface area contributed by atoms with E-state index >= 15 is 0 Å². The predicted octanol–water partition coefficient (Wildman–Crippen LogP) is 0.876. The number of hydrogen-bond donors (Lipinski definition) is 2. The van der Waals surface area contributed by atoms with Crippen molar-refractivity contribution in [3.05, 3.63) is 53.9 Å². The molecule has 0 saturated heterocycles. The number of quaternary nitrogens is 1. The van der Waals surface area contributed by atoms with E-state index in [9.17, 15) is 4.79 Å². The third-order valence-corrected chi connectivity index (χ3v) is 2.65. The van der Waals surface area contributed by atoms with E-state index in [1.165, 1.54) is 0 Å². The third-order valence-electron chi connectivity index (χ3n) is 2.65. The summed E-state index contributed by atoms with van der Waals surface area (Å²) in [6, 6.07) is 10.9. The zero-order chi connectivity index (χ0) is 12.4. The number of nitrogens with one attached hydrogen (secondary N) is 1. The molecule has 0 radical (unpaired) electrons.